The van der Waals surface area contributed by atoms with Crippen LogP contribution in [0.3, 0.4) is 0 Å². The van der Waals surface area contributed by atoms with E-state index in [0.717, 1.165) is 5.03 Å². The number of benzene rings is 1. The Morgan fingerprint density at radius 1 is 1.16 bits per heavy atom. The normalized spacial score (nSPS) is 10.4. The molecule has 0 saturated heterocycles. The second-order valence-corrected chi connectivity index (χ2v) is 5.84. The van der Waals surface area contributed by atoms with Crippen molar-refractivity contribution in [3.05, 3.63) is 58.2 Å². The highest BCUT2D eigenvalue weighted by Gasteiger charge is 2.08. The van der Waals surface area contributed by atoms with Crippen LogP contribution in [0.1, 0.15) is 16.8 Å². The molecule has 19 heavy (non-hydrogen) atoms. The Bertz CT molecular complexity index is 555. The second kappa shape index (κ2) is 6.94. The van der Waals surface area contributed by atoms with Crippen LogP contribution >= 0.6 is 35.0 Å². The average molecular weight is 312 g/mol. The summed E-state index contributed by atoms with van der Waals surface area (Å²) in [5.74, 6) is 0.716. The summed E-state index contributed by atoms with van der Waals surface area (Å²) in [5.41, 5.74) is 0.555. The molecule has 98 valence electrons. The molecule has 0 radical (unpaired) electrons. The van der Waals surface area contributed by atoms with Gasteiger partial charge >= 0.3 is 0 Å². The number of nitrogens with zero attached hydrogens (tertiary/aromatic N) is 1. The minimum absolute atomic E-state index is 0.0350. The van der Waals surface area contributed by atoms with Gasteiger partial charge in [-0.25, -0.2) is 4.98 Å². The molecule has 0 saturated carbocycles. The molecule has 0 bridgehead atoms. The summed E-state index contributed by atoms with van der Waals surface area (Å²) in [6.45, 7) is 0. The van der Waals surface area contributed by atoms with E-state index in [4.69, 9.17) is 23.2 Å². The van der Waals surface area contributed by atoms with Crippen LogP contribution in [-0.2, 0) is 0 Å². The molecule has 0 atom stereocenters. The van der Waals surface area contributed by atoms with E-state index in [1.165, 1.54) is 0 Å². The number of rotatable bonds is 5. The fraction of sp³-hybridized carbons (Fsp3) is 0.143. The third-order valence-corrected chi connectivity index (χ3v) is 3.78. The van der Waals surface area contributed by atoms with E-state index in [9.17, 15) is 4.79 Å². The molecule has 5 heteroatoms. The molecule has 1 aromatic heterocycles. The van der Waals surface area contributed by atoms with E-state index in [0.29, 0.717) is 27.8 Å². The number of Topliss-reactive ketones (excluding diaryl/α,β-unsaturated/α-hetero) is 1. The van der Waals surface area contributed by atoms with Crippen molar-refractivity contribution in [2.45, 2.75) is 11.4 Å². The number of hydrogen-bond donors (Lipinski definition) is 0. The lowest BCUT2D eigenvalue weighted by Crippen LogP contribution is -2.00. The zero-order valence-electron chi connectivity index (χ0n) is 9.98. The van der Waals surface area contributed by atoms with Crippen LogP contribution in [0.5, 0.6) is 0 Å². The third-order valence-electron chi connectivity index (χ3n) is 2.40. The molecule has 0 aliphatic carbocycles. The number of thioether (sulfide) groups is 1. The molecule has 0 fully saturated rings. The predicted octanol–water partition coefficient (Wildman–Crippen LogP) is 4.75. The summed E-state index contributed by atoms with van der Waals surface area (Å²) < 4.78 is 0. The van der Waals surface area contributed by atoms with Gasteiger partial charge in [-0.1, -0.05) is 29.3 Å². The molecule has 0 aliphatic heterocycles. The SMILES string of the molecule is O=C(CCSc1ccccn1)c1cc(Cl)cc(Cl)c1. The van der Waals surface area contributed by atoms with Crippen molar-refractivity contribution in [2.75, 3.05) is 5.75 Å². The topological polar surface area (TPSA) is 30.0 Å². The molecule has 0 aliphatic rings. The van der Waals surface area contributed by atoms with Crippen LogP contribution in [0, 0.1) is 0 Å². The van der Waals surface area contributed by atoms with Gasteiger partial charge in [0.05, 0.1) is 5.03 Å². The Morgan fingerprint density at radius 2 is 1.89 bits per heavy atom. The maximum Gasteiger partial charge on any atom is 0.163 e. The first-order chi connectivity index (χ1) is 9.15. The Kier molecular flexibility index (Phi) is 5.25. The van der Waals surface area contributed by atoms with Crippen molar-refractivity contribution in [1.82, 2.24) is 4.98 Å². The lowest BCUT2D eigenvalue weighted by Gasteiger charge is -2.03. The lowest BCUT2D eigenvalue weighted by molar-refractivity contribution is 0.0989. The smallest absolute Gasteiger partial charge is 0.163 e. The first-order valence-electron chi connectivity index (χ1n) is 5.68. The van der Waals surface area contributed by atoms with Crippen LogP contribution in [0.15, 0.2) is 47.6 Å². The number of ketones is 1. The maximum atomic E-state index is 12.0. The highest BCUT2D eigenvalue weighted by Crippen LogP contribution is 2.21. The Balaban J connectivity index is 1.91. The number of hydrogen-bond acceptors (Lipinski definition) is 3. The van der Waals surface area contributed by atoms with Gasteiger partial charge < -0.3 is 0 Å². The number of carbonyl (C=O) groups excluding carboxylic acids is 1. The minimum atomic E-state index is 0.0350. The molecule has 1 heterocycles. The fourth-order valence-corrected chi connectivity index (χ4v) is 2.87. The quantitative estimate of drug-likeness (QED) is 0.589. The van der Waals surface area contributed by atoms with Gasteiger partial charge in [-0.15, -0.1) is 11.8 Å². The standard InChI is InChI=1S/C14H11Cl2NOS/c15-11-7-10(8-12(16)9-11)13(18)4-6-19-14-3-1-2-5-17-14/h1-3,5,7-9H,4,6H2. The molecule has 0 N–H and O–H groups in total. The third kappa shape index (κ3) is 4.53. The largest absolute Gasteiger partial charge is 0.294 e. The van der Waals surface area contributed by atoms with Gasteiger partial charge in [0.2, 0.25) is 0 Å². The number of halogens is 2. The van der Waals surface area contributed by atoms with Gasteiger partial charge in [0.25, 0.3) is 0 Å². The van der Waals surface area contributed by atoms with Gasteiger partial charge in [0.1, 0.15) is 0 Å². The predicted molar refractivity (Wildman–Crippen MR) is 80.4 cm³/mol. The van der Waals surface area contributed by atoms with Crippen LogP contribution in [0.4, 0.5) is 0 Å². The summed E-state index contributed by atoms with van der Waals surface area (Å²) in [6, 6.07) is 10.6. The number of aromatic nitrogens is 1. The van der Waals surface area contributed by atoms with E-state index >= 15 is 0 Å². The Hall–Kier alpha value is -1.03. The van der Waals surface area contributed by atoms with Crippen molar-refractivity contribution in [1.29, 1.82) is 0 Å². The van der Waals surface area contributed by atoms with Crippen molar-refractivity contribution in [3.63, 3.8) is 0 Å². The van der Waals surface area contributed by atoms with Crippen molar-refractivity contribution < 1.29 is 4.79 Å². The molecular formula is C14H11Cl2NOS. The van der Waals surface area contributed by atoms with Gasteiger partial charge in [-0.05, 0) is 30.3 Å². The van der Waals surface area contributed by atoms with Crippen LogP contribution in [0.2, 0.25) is 10.0 Å². The molecule has 1 aromatic carbocycles. The average Bonchev–Trinajstić information content (AvgIpc) is 2.38. The number of carbonyl (C=O) groups is 1. The molecule has 2 rings (SSSR count). The first-order valence-corrected chi connectivity index (χ1v) is 7.42. The van der Waals surface area contributed by atoms with Gasteiger partial charge in [-0.2, -0.15) is 0 Å². The summed E-state index contributed by atoms with van der Waals surface area (Å²) >= 11 is 13.3. The van der Waals surface area contributed by atoms with Gasteiger partial charge in [-0.3, -0.25) is 4.79 Å². The van der Waals surface area contributed by atoms with Crippen molar-refractivity contribution >= 4 is 40.7 Å². The second-order valence-electron chi connectivity index (χ2n) is 3.85. The first kappa shape index (κ1) is 14.4. The van der Waals surface area contributed by atoms with Crippen molar-refractivity contribution in [2.24, 2.45) is 0 Å². The van der Waals surface area contributed by atoms with Crippen LogP contribution in [-0.4, -0.2) is 16.5 Å². The van der Waals surface area contributed by atoms with Gasteiger partial charge in [0.15, 0.2) is 5.78 Å². The molecule has 0 spiro atoms. The minimum Gasteiger partial charge on any atom is -0.294 e. The van der Waals surface area contributed by atoms with E-state index in [2.05, 4.69) is 4.98 Å². The fourth-order valence-electron chi connectivity index (χ4n) is 1.54. The summed E-state index contributed by atoms with van der Waals surface area (Å²) in [6.07, 6.45) is 2.17. The molecule has 0 unspecified atom stereocenters. The van der Waals surface area contributed by atoms with E-state index in [1.807, 2.05) is 18.2 Å². The Morgan fingerprint density at radius 3 is 2.53 bits per heavy atom. The van der Waals surface area contributed by atoms with Gasteiger partial charge in [0, 0.05) is 34.0 Å². The summed E-state index contributed by atoms with van der Waals surface area (Å²) in [4.78, 5) is 16.2. The molecule has 0 amide bonds. The highest BCUT2D eigenvalue weighted by atomic mass is 35.5. The zero-order chi connectivity index (χ0) is 13.7. The van der Waals surface area contributed by atoms with Crippen molar-refractivity contribution in [3.8, 4) is 0 Å². The lowest BCUT2D eigenvalue weighted by atomic mass is 10.1. The zero-order valence-corrected chi connectivity index (χ0v) is 12.3. The van der Waals surface area contributed by atoms with E-state index in [-0.39, 0.29) is 5.78 Å². The van der Waals surface area contributed by atoms with E-state index in [1.54, 1.807) is 36.2 Å². The van der Waals surface area contributed by atoms with Crippen LogP contribution < -0.4 is 0 Å². The highest BCUT2D eigenvalue weighted by molar-refractivity contribution is 7.99. The molecular weight excluding hydrogens is 301 g/mol. The summed E-state index contributed by atoms with van der Waals surface area (Å²) in [7, 11) is 0. The number of pyridine rings is 1. The monoisotopic (exact) mass is 311 g/mol. The Labute approximate surface area is 126 Å². The van der Waals surface area contributed by atoms with Crippen LogP contribution in [0.25, 0.3) is 0 Å². The molecule has 2 nitrogen and oxygen atoms in total. The van der Waals surface area contributed by atoms with E-state index < -0.39 is 0 Å². The molecule has 2 aromatic rings. The maximum absolute atomic E-state index is 12.0. The summed E-state index contributed by atoms with van der Waals surface area (Å²) in [5, 5.41) is 1.88.